The van der Waals surface area contributed by atoms with Crippen molar-refractivity contribution in [2.45, 2.75) is 91.3 Å². The van der Waals surface area contributed by atoms with Gasteiger partial charge in [-0.05, 0) is 47.4 Å². The molecule has 0 amide bonds. The van der Waals surface area contributed by atoms with Crippen LogP contribution in [0.2, 0.25) is 0 Å². The van der Waals surface area contributed by atoms with Crippen LogP contribution in [0, 0.1) is 11.8 Å². The van der Waals surface area contributed by atoms with Crippen molar-refractivity contribution in [3.63, 3.8) is 0 Å². The fourth-order valence-electron chi connectivity index (χ4n) is 4.89. The molecule has 3 rings (SSSR count). The number of rotatable bonds is 9. The van der Waals surface area contributed by atoms with Crippen molar-refractivity contribution in [2.24, 2.45) is 11.8 Å². The molecule has 0 radical (unpaired) electrons. The van der Waals surface area contributed by atoms with E-state index in [4.69, 9.17) is 0 Å². The minimum atomic E-state index is -0.230. The van der Waals surface area contributed by atoms with Crippen LogP contribution < -0.4 is 4.90 Å². The van der Waals surface area contributed by atoms with Crippen LogP contribution in [0.4, 0.5) is 0 Å². The number of nitrogens with one attached hydrogen (secondary N) is 1. The van der Waals surface area contributed by atoms with Gasteiger partial charge < -0.3 is 14.6 Å². The molecule has 172 valence electrons. The molecule has 1 aromatic carbocycles. The van der Waals surface area contributed by atoms with E-state index in [0.717, 1.165) is 25.6 Å². The maximum Gasteiger partial charge on any atom is 0.118 e. The minimum absolute atomic E-state index is 0.192. The van der Waals surface area contributed by atoms with Crippen LogP contribution >= 0.6 is 0 Å². The third-order valence-corrected chi connectivity index (χ3v) is 7.10. The van der Waals surface area contributed by atoms with Crippen LogP contribution in [0.1, 0.15) is 83.5 Å². The predicted molar refractivity (Wildman–Crippen MR) is 130 cm³/mol. The van der Waals surface area contributed by atoms with Crippen LogP contribution in [0.3, 0.4) is 0 Å². The van der Waals surface area contributed by atoms with E-state index in [-0.39, 0.29) is 11.5 Å². The average molecular weight is 426 g/mol. The Bertz CT molecular complexity index is 778. The van der Waals surface area contributed by atoms with Crippen LogP contribution in [-0.4, -0.2) is 28.9 Å². The summed E-state index contributed by atoms with van der Waals surface area (Å²) >= 11 is 0. The molecule has 2 N–H and O–H groups in total. The molecule has 3 nitrogen and oxygen atoms in total. The second kappa shape index (κ2) is 10.8. The molecule has 1 aliphatic rings. The zero-order chi connectivity index (χ0) is 22.4. The monoisotopic (exact) mass is 425 g/mol. The summed E-state index contributed by atoms with van der Waals surface area (Å²) < 4.78 is 2.40. The van der Waals surface area contributed by atoms with Gasteiger partial charge in [-0.1, -0.05) is 78.1 Å². The normalized spacial score (nSPS) is 17.8. The maximum absolute atomic E-state index is 10.6. The van der Waals surface area contributed by atoms with Crippen molar-refractivity contribution in [3.05, 3.63) is 59.4 Å². The third kappa shape index (κ3) is 7.22. The van der Waals surface area contributed by atoms with Gasteiger partial charge in [0.25, 0.3) is 0 Å². The first-order valence-electron chi connectivity index (χ1n) is 12.5. The number of quaternary nitrogens is 1. The summed E-state index contributed by atoms with van der Waals surface area (Å²) in [6.07, 6.45) is 8.87. The lowest BCUT2D eigenvalue weighted by molar-refractivity contribution is -0.921. The highest BCUT2D eigenvalue weighted by Crippen LogP contribution is 2.23. The van der Waals surface area contributed by atoms with E-state index < -0.39 is 0 Å². The highest BCUT2D eigenvalue weighted by molar-refractivity contribution is 5.28. The minimum Gasteiger partial charge on any atom is -0.387 e. The first-order valence-corrected chi connectivity index (χ1v) is 12.5. The SMILES string of the molecule is CC(C)[C@H](O)C[NH+](Cc1cccn1Cc1ccc(C(C)(C)C)cc1)CC1CCCCC1. The van der Waals surface area contributed by atoms with Gasteiger partial charge in [-0.2, -0.15) is 0 Å². The molecule has 2 atom stereocenters. The number of benzene rings is 1. The summed E-state index contributed by atoms with van der Waals surface area (Å²) in [5.41, 5.74) is 4.30. The van der Waals surface area contributed by atoms with E-state index in [9.17, 15) is 5.11 Å². The van der Waals surface area contributed by atoms with Gasteiger partial charge in [0.05, 0.1) is 12.2 Å². The Labute approximate surface area is 190 Å². The van der Waals surface area contributed by atoms with Crippen molar-refractivity contribution in [2.75, 3.05) is 13.1 Å². The largest absolute Gasteiger partial charge is 0.387 e. The Morgan fingerprint density at radius 1 is 1.03 bits per heavy atom. The molecule has 0 bridgehead atoms. The van der Waals surface area contributed by atoms with Gasteiger partial charge in [0.2, 0.25) is 0 Å². The van der Waals surface area contributed by atoms with E-state index in [1.807, 2.05) is 0 Å². The number of aliphatic hydroxyl groups excluding tert-OH is 1. The fourth-order valence-corrected chi connectivity index (χ4v) is 4.89. The highest BCUT2D eigenvalue weighted by Gasteiger charge is 2.24. The number of hydrogen-bond donors (Lipinski definition) is 2. The van der Waals surface area contributed by atoms with Gasteiger partial charge in [-0.15, -0.1) is 0 Å². The van der Waals surface area contributed by atoms with Gasteiger partial charge in [0, 0.05) is 18.7 Å². The quantitative estimate of drug-likeness (QED) is 0.593. The number of aromatic nitrogens is 1. The molecule has 0 aliphatic heterocycles. The molecule has 0 saturated heterocycles. The molecule has 1 aromatic heterocycles. The summed E-state index contributed by atoms with van der Waals surface area (Å²) in [5, 5.41) is 10.6. The maximum atomic E-state index is 10.6. The van der Waals surface area contributed by atoms with E-state index in [2.05, 4.69) is 81.8 Å². The zero-order valence-electron chi connectivity index (χ0n) is 20.5. The molecule has 0 spiro atoms. The molecule has 31 heavy (non-hydrogen) atoms. The first-order chi connectivity index (χ1) is 14.7. The molecule has 1 fully saturated rings. The van der Waals surface area contributed by atoms with Gasteiger partial charge in [0.15, 0.2) is 0 Å². The molecule has 3 heteroatoms. The molecular formula is C28H45N2O+. The van der Waals surface area contributed by atoms with Gasteiger partial charge in [0.1, 0.15) is 19.2 Å². The lowest BCUT2D eigenvalue weighted by Crippen LogP contribution is -3.12. The standard InChI is InChI=1S/C28H44N2O/c1-22(2)27(31)21-29(18-23-10-7-6-8-11-23)20-26-12-9-17-30(26)19-24-13-15-25(16-14-24)28(3,4)5/h9,12-17,22-23,27,31H,6-8,10-11,18-21H2,1-5H3/p+1/t27-/m1/s1. The van der Waals surface area contributed by atoms with E-state index >= 15 is 0 Å². The molecule has 2 aromatic rings. The molecule has 1 saturated carbocycles. The van der Waals surface area contributed by atoms with Crippen LogP contribution in [0.25, 0.3) is 0 Å². The van der Waals surface area contributed by atoms with E-state index in [1.165, 1.54) is 60.4 Å². The summed E-state index contributed by atoms with van der Waals surface area (Å²) in [4.78, 5) is 1.54. The van der Waals surface area contributed by atoms with Crippen molar-refractivity contribution in [1.29, 1.82) is 0 Å². The number of aliphatic hydroxyl groups is 1. The Balaban J connectivity index is 1.69. The topological polar surface area (TPSA) is 29.6 Å². The number of nitrogens with zero attached hydrogens (tertiary/aromatic N) is 1. The Hall–Kier alpha value is -1.58. The molecule has 1 aliphatic carbocycles. The Morgan fingerprint density at radius 3 is 2.32 bits per heavy atom. The van der Waals surface area contributed by atoms with Crippen molar-refractivity contribution < 1.29 is 10.0 Å². The molecule has 1 heterocycles. The highest BCUT2D eigenvalue weighted by atomic mass is 16.3. The summed E-state index contributed by atoms with van der Waals surface area (Å²) in [6, 6.07) is 13.6. The fraction of sp³-hybridized carbons (Fsp3) is 0.643. The van der Waals surface area contributed by atoms with E-state index in [0.29, 0.717) is 5.92 Å². The van der Waals surface area contributed by atoms with E-state index in [1.54, 1.807) is 0 Å². The Kier molecular flexibility index (Phi) is 8.41. The average Bonchev–Trinajstić information content (AvgIpc) is 3.15. The smallest absolute Gasteiger partial charge is 0.118 e. The molecule has 1 unspecified atom stereocenters. The second-order valence-corrected chi connectivity index (χ2v) is 11.2. The summed E-state index contributed by atoms with van der Waals surface area (Å²) in [5.74, 6) is 1.13. The third-order valence-electron chi connectivity index (χ3n) is 7.10. The lowest BCUT2D eigenvalue weighted by atomic mass is 9.87. The lowest BCUT2D eigenvalue weighted by Gasteiger charge is -2.30. The van der Waals surface area contributed by atoms with Gasteiger partial charge >= 0.3 is 0 Å². The Morgan fingerprint density at radius 2 is 1.71 bits per heavy atom. The first kappa shape index (κ1) is 24.1. The second-order valence-electron chi connectivity index (χ2n) is 11.2. The van der Waals surface area contributed by atoms with Crippen LogP contribution in [0.15, 0.2) is 42.6 Å². The summed E-state index contributed by atoms with van der Waals surface area (Å²) in [6.45, 7) is 15.0. The zero-order valence-corrected chi connectivity index (χ0v) is 20.5. The van der Waals surface area contributed by atoms with Gasteiger partial charge in [-0.25, -0.2) is 0 Å². The van der Waals surface area contributed by atoms with Crippen molar-refractivity contribution in [1.82, 2.24) is 4.57 Å². The predicted octanol–water partition coefficient (Wildman–Crippen LogP) is 4.82. The van der Waals surface area contributed by atoms with Crippen LogP contribution in [0.5, 0.6) is 0 Å². The summed E-state index contributed by atoms with van der Waals surface area (Å²) in [7, 11) is 0. The van der Waals surface area contributed by atoms with Gasteiger partial charge in [-0.3, -0.25) is 0 Å². The molecular weight excluding hydrogens is 380 g/mol. The van der Waals surface area contributed by atoms with Crippen LogP contribution in [-0.2, 0) is 18.5 Å². The number of hydrogen-bond acceptors (Lipinski definition) is 1. The van der Waals surface area contributed by atoms with Crippen molar-refractivity contribution >= 4 is 0 Å². The van der Waals surface area contributed by atoms with Crippen molar-refractivity contribution in [3.8, 4) is 0 Å².